The number of hydrogen-bond donors (Lipinski definition) is 0. The van der Waals surface area contributed by atoms with Crippen molar-refractivity contribution in [1.29, 1.82) is 0 Å². The Labute approximate surface area is 225 Å². The highest BCUT2D eigenvalue weighted by Gasteiger charge is 2.28. The molecule has 0 saturated carbocycles. The van der Waals surface area contributed by atoms with Gasteiger partial charge in [-0.1, -0.05) is 54.6 Å². The molecule has 0 N–H and O–H groups in total. The Bertz CT molecular complexity index is 2020. The van der Waals surface area contributed by atoms with Crippen LogP contribution in [0.25, 0.3) is 33.3 Å². The summed E-state index contributed by atoms with van der Waals surface area (Å²) in [5, 5.41) is 2.43. The number of benzene rings is 4. The van der Waals surface area contributed by atoms with Gasteiger partial charge in [0.05, 0.1) is 23.8 Å². The summed E-state index contributed by atoms with van der Waals surface area (Å²) < 4.78 is 12.4. The molecule has 8 rings (SSSR count). The van der Waals surface area contributed by atoms with Gasteiger partial charge in [-0.05, 0) is 54.6 Å². The van der Waals surface area contributed by atoms with E-state index in [0.29, 0.717) is 5.75 Å². The largest absolute Gasteiger partial charge is 0.451 e. The molecule has 186 valence electrons. The molecule has 0 amide bonds. The summed E-state index contributed by atoms with van der Waals surface area (Å²) in [7, 11) is 1.95. The first-order chi connectivity index (χ1) is 19.2. The molecule has 4 heterocycles. The topological polar surface area (TPSA) is 39.1 Å². The number of ether oxygens (including phenoxy) is 1. The van der Waals surface area contributed by atoms with E-state index < -0.39 is 0 Å². The van der Waals surface area contributed by atoms with Crippen molar-refractivity contribution in [3.8, 4) is 23.0 Å². The van der Waals surface area contributed by atoms with E-state index in [0.717, 1.165) is 40.0 Å². The minimum atomic E-state index is 0.706. The number of fused-ring (bicyclic) bond motifs is 5. The van der Waals surface area contributed by atoms with E-state index in [4.69, 9.17) is 9.72 Å². The lowest BCUT2D eigenvalue weighted by molar-refractivity contribution is -0.674. The minimum absolute atomic E-state index is 0.706. The summed E-state index contributed by atoms with van der Waals surface area (Å²) in [6, 6.07) is 37.8. The Balaban J connectivity index is 1.39. The molecule has 0 unspecified atom stereocenters. The summed E-state index contributed by atoms with van der Waals surface area (Å²) in [6.45, 7) is 0. The summed E-state index contributed by atoms with van der Waals surface area (Å²) >= 11 is 0. The fourth-order valence-corrected chi connectivity index (χ4v) is 5.51. The van der Waals surface area contributed by atoms with E-state index in [-0.39, 0.29) is 0 Å². The number of aryl methyl sites for hydroxylation is 1. The number of imidazole rings is 1. The Morgan fingerprint density at radius 2 is 1.51 bits per heavy atom. The zero-order chi connectivity index (χ0) is 25.9. The fourth-order valence-electron chi connectivity index (χ4n) is 5.51. The van der Waals surface area contributed by atoms with Gasteiger partial charge >= 0.3 is 0 Å². The van der Waals surface area contributed by atoms with Crippen LogP contribution in [0.2, 0.25) is 0 Å². The Hall–Kier alpha value is -5.36. The molecule has 1 aliphatic heterocycles. The maximum atomic E-state index is 6.32. The molecule has 7 aromatic rings. The van der Waals surface area contributed by atoms with E-state index in [2.05, 4.69) is 94.7 Å². The van der Waals surface area contributed by atoms with Crippen molar-refractivity contribution in [2.24, 2.45) is 7.05 Å². The zero-order valence-electron chi connectivity index (χ0n) is 21.2. The summed E-state index contributed by atoms with van der Waals surface area (Å²) in [5.41, 5.74) is 5.38. The third-order valence-electron chi connectivity index (χ3n) is 7.24. The van der Waals surface area contributed by atoms with Crippen LogP contribution in [-0.4, -0.2) is 14.1 Å². The quantitative estimate of drug-likeness (QED) is 0.189. The van der Waals surface area contributed by atoms with Gasteiger partial charge in [-0.2, -0.15) is 0 Å². The van der Waals surface area contributed by atoms with Crippen LogP contribution < -0.4 is 14.2 Å². The second-order valence-electron chi connectivity index (χ2n) is 9.67. The molecule has 6 heteroatoms. The molecule has 0 saturated heterocycles. The van der Waals surface area contributed by atoms with Gasteiger partial charge in [-0.15, -0.1) is 0 Å². The molecular formula is C33H23N5O. The normalized spacial score (nSPS) is 12.4. The van der Waals surface area contributed by atoms with E-state index in [9.17, 15) is 0 Å². The molecule has 4 aromatic carbocycles. The fraction of sp³-hybridized carbons (Fsp3) is 0.0303. The van der Waals surface area contributed by atoms with E-state index in [1.165, 1.54) is 16.3 Å². The molecule has 0 fully saturated rings. The molecule has 0 aliphatic carbocycles. The average Bonchev–Trinajstić information content (AvgIpc) is 3.57. The minimum Gasteiger partial charge on any atom is -0.451 e. The van der Waals surface area contributed by atoms with Gasteiger partial charge in [0.15, 0.2) is 17.3 Å². The first-order valence-electron chi connectivity index (χ1n) is 12.9. The lowest BCUT2D eigenvalue weighted by Gasteiger charge is -2.32. The number of pyridine rings is 1. The second kappa shape index (κ2) is 8.33. The van der Waals surface area contributed by atoms with Crippen molar-refractivity contribution in [3.05, 3.63) is 128 Å². The molecule has 0 atom stereocenters. The van der Waals surface area contributed by atoms with Gasteiger partial charge in [0.1, 0.15) is 5.82 Å². The van der Waals surface area contributed by atoms with Crippen LogP contribution in [0.15, 0.2) is 122 Å². The standard InChI is InChI=1S/C33H23N5O/c1-35-19-20-36(22-35)32-18-17-31-33(34-32)38(28-13-7-8-14-30(28)39-31)24-15-16-26-25-11-5-6-12-27(25)37(29(26)21-24)23-9-3-2-4-10-23/h2-21H,1H3. The highest BCUT2D eigenvalue weighted by atomic mass is 16.5. The molecule has 0 spiro atoms. The van der Waals surface area contributed by atoms with Crippen LogP contribution in [0.1, 0.15) is 0 Å². The van der Waals surface area contributed by atoms with Crippen molar-refractivity contribution in [2.45, 2.75) is 0 Å². The molecule has 0 radical (unpaired) electrons. The predicted molar refractivity (Wildman–Crippen MR) is 153 cm³/mol. The molecular weight excluding hydrogens is 482 g/mol. The highest BCUT2D eigenvalue weighted by molar-refractivity contribution is 6.10. The Morgan fingerprint density at radius 1 is 0.718 bits per heavy atom. The third-order valence-corrected chi connectivity index (χ3v) is 7.24. The van der Waals surface area contributed by atoms with Gasteiger partial charge in [0.25, 0.3) is 0 Å². The molecule has 3 aromatic heterocycles. The maximum absolute atomic E-state index is 6.32. The third kappa shape index (κ3) is 3.35. The summed E-state index contributed by atoms with van der Waals surface area (Å²) in [6.07, 6.45) is 7.14. The van der Waals surface area contributed by atoms with Crippen LogP contribution in [0.5, 0.6) is 11.5 Å². The highest BCUT2D eigenvalue weighted by Crippen LogP contribution is 2.50. The zero-order valence-corrected chi connectivity index (χ0v) is 21.2. The van der Waals surface area contributed by atoms with Crippen LogP contribution in [0.3, 0.4) is 0 Å². The molecule has 39 heavy (non-hydrogen) atoms. The van der Waals surface area contributed by atoms with Crippen LogP contribution in [0, 0.1) is 6.33 Å². The monoisotopic (exact) mass is 505 g/mol. The first-order valence-corrected chi connectivity index (χ1v) is 12.9. The molecule has 0 bridgehead atoms. The average molecular weight is 506 g/mol. The number of hydrogen-bond acceptors (Lipinski definition) is 3. The van der Waals surface area contributed by atoms with Crippen molar-refractivity contribution in [2.75, 3.05) is 4.90 Å². The van der Waals surface area contributed by atoms with E-state index in [1.807, 2.05) is 58.9 Å². The number of para-hydroxylation sites is 4. The Morgan fingerprint density at radius 3 is 2.38 bits per heavy atom. The summed E-state index contributed by atoms with van der Waals surface area (Å²) in [5.74, 6) is 3.00. The number of rotatable bonds is 3. The van der Waals surface area contributed by atoms with Gasteiger partial charge in [-0.3, -0.25) is 4.90 Å². The van der Waals surface area contributed by atoms with Crippen LogP contribution in [-0.2, 0) is 7.05 Å². The first kappa shape index (κ1) is 21.7. The SMILES string of the molecule is C[n+]1[c-]n(-c2ccc3c(n2)N(c2ccc4c5ccccc5n(-c5ccccc5)c4c2)c2ccccc2O3)cc1. The van der Waals surface area contributed by atoms with Crippen LogP contribution in [0.4, 0.5) is 17.2 Å². The van der Waals surface area contributed by atoms with Crippen LogP contribution >= 0.6 is 0 Å². The van der Waals surface area contributed by atoms with E-state index in [1.54, 1.807) is 0 Å². The van der Waals surface area contributed by atoms with Gasteiger partial charge < -0.3 is 18.4 Å². The number of nitrogens with zero attached hydrogens (tertiary/aromatic N) is 5. The summed E-state index contributed by atoms with van der Waals surface area (Å²) in [4.78, 5) is 7.26. The van der Waals surface area contributed by atoms with Crippen molar-refractivity contribution in [1.82, 2.24) is 14.1 Å². The van der Waals surface area contributed by atoms with Gasteiger partial charge in [0, 0.05) is 34.5 Å². The number of aromatic nitrogens is 4. The van der Waals surface area contributed by atoms with Gasteiger partial charge in [-0.25, -0.2) is 4.98 Å². The van der Waals surface area contributed by atoms with Gasteiger partial charge in [0.2, 0.25) is 6.33 Å². The second-order valence-corrected chi connectivity index (χ2v) is 9.67. The lowest BCUT2D eigenvalue weighted by atomic mass is 10.1. The smallest absolute Gasteiger partial charge is 0.244 e. The van der Waals surface area contributed by atoms with Crippen molar-refractivity contribution in [3.63, 3.8) is 0 Å². The Kier molecular flexibility index (Phi) is 4.63. The van der Waals surface area contributed by atoms with Crippen molar-refractivity contribution < 1.29 is 9.30 Å². The predicted octanol–water partition coefficient (Wildman–Crippen LogP) is 7.17. The maximum Gasteiger partial charge on any atom is 0.244 e. The molecule has 6 nitrogen and oxygen atoms in total. The van der Waals surface area contributed by atoms with Crippen molar-refractivity contribution >= 4 is 39.0 Å². The molecule has 1 aliphatic rings. The lowest BCUT2D eigenvalue weighted by Crippen LogP contribution is -2.24. The number of anilines is 3. The van der Waals surface area contributed by atoms with E-state index >= 15 is 0 Å².